The van der Waals surface area contributed by atoms with Crippen LogP contribution in [0.4, 0.5) is 0 Å². The number of hydrogen-bond donors (Lipinski definition) is 2. The normalized spacial score (nSPS) is 11.2. The first-order chi connectivity index (χ1) is 15.6. The van der Waals surface area contributed by atoms with Crippen molar-refractivity contribution in [3.63, 3.8) is 0 Å². The Balaban J connectivity index is 2.46. The van der Waals surface area contributed by atoms with Gasteiger partial charge in [-0.15, -0.1) is 0 Å². The van der Waals surface area contributed by atoms with Crippen LogP contribution in [0.25, 0.3) is 0 Å². The largest absolute Gasteiger partial charge is 0.493 e. The molecule has 0 saturated carbocycles. The summed E-state index contributed by atoms with van der Waals surface area (Å²) < 4.78 is 21.5. The van der Waals surface area contributed by atoms with Crippen molar-refractivity contribution in [2.24, 2.45) is 0 Å². The van der Waals surface area contributed by atoms with E-state index in [4.69, 9.17) is 24.1 Å². The van der Waals surface area contributed by atoms with Crippen LogP contribution in [0.3, 0.4) is 0 Å². The molecular weight excluding hydrogens is 408 g/mol. The predicted octanol–water partition coefficient (Wildman–Crippen LogP) is 3.57. The molecule has 2 aromatic rings. The van der Waals surface area contributed by atoms with Gasteiger partial charge < -0.3 is 29.2 Å². The fourth-order valence-corrected chi connectivity index (χ4v) is 3.40. The monoisotopic (exact) mass is 440 g/mol. The third kappa shape index (κ3) is 6.94. The number of rotatable bonds is 11. The first-order valence-corrected chi connectivity index (χ1v) is 10.4. The zero-order chi connectivity index (χ0) is 23.3. The first-order valence-electron chi connectivity index (χ1n) is 10.4. The Morgan fingerprint density at radius 2 is 1.25 bits per heavy atom. The van der Waals surface area contributed by atoms with Crippen molar-refractivity contribution in [2.45, 2.75) is 25.7 Å². The van der Waals surface area contributed by atoms with Gasteiger partial charge in [0.15, 0.2) is 23.0 Å². The molecule has 0 bridgehead atoms. The van der Waals surface area contributed by atoms with Crippen LogP contribution in [-0.2, 0) is 12.8 Å². The minimum absolute atomic E-state index is 0.00164. The molecule has 172 valence electrons. The van der Waals surface area contributed by atoms with E-state index in [2.05, 4.69) is 11.8 Å². The minimum Gasteiger partial charge on any atom is -0.493 e. The standard InChI is InChI=1S/C26H32O6/c1-29-23-10-8-19(17-25(23)31-3)15-21(7-5-6-13-27)22(12-14-28)16-20-9-11-24(30-2)26(18-20)32-4/h8-11,17-18,27-28H,6,12-16H2,1-4H3/b22-21+. The van der Waals surface area contributed by atoms with Crippen molar-refractivity contribution in [1.82, 2.24) is 0 Å². The van der Waals surface area contributed by atoms with Gasteiger partial charge in [0.25, 0.3) is 0 Å². The molecule has 0 aromatic heterocycles. The van der Waals surface area contributed by atoms with Gasteiger partial charge in [0, 0.05) is 25.0 Å². The minimum atomic E-state index is 0.00164. The van der Waals surface area contributed by atoms with E-state index < -0.39 is 0 Å². The molecule has 2 aromatic carbocycles. The van der Waals surface area contributed by atoms with Gasteiger partial charge in [-0.1, -0.05) is 29.5 Å². The Labute approximate surface area is 190 Å². The second-order valence-electron chi connectivity index (χ2n) is 7.06. The molecule has 6 heteroatoms. The fraction of sp³-hybridized carbons (Fsp3) is 0.385. The van der Waals surface area contributed by atoms with Crippen molar-refractivity contribution in [2.75, 3.05) is 41.7 Å². The van der Waals surface area contributed by atoms with E-state index in [1.165, 1.54) is 0 Å². The zero-order valence-electron chi connectivity index (χ0n) is 19.2. The molecule has 0 saturated heterocycles. The highest BCUT2D eigenvalue weighted by Gasteiger charge is 2.12. The Morgan fingerprint density at radius 3 is 1.72 bits per heavy atom. The quantitative estimate of drug-likeness (QED) is 0.520. The lowest BCUT2D eigenvalue weighted by atomic mass is 9.93. The first kappa shape index (κ1) is 25.1. The summed E-state index contributed by atoms with van der Waals surface area (Å²) in [7, 11) is 6.42. The van der Waals surface area contributed by atoms with Crippen molar-refractivity contribution in [3.8, 4) is 34.8 Å². The molecule has 0 spiro atoms. The molecule has 0 unspecified atom stereocenters. The summed E-state index contributed by atoms with van der Waals surface area (Å²) in [4.78, 5) is 0. The summed E-state index contributed by atoms with van der Waals surface area (Å²) in [6.45, 7) is 0.0153. The predicted molar refractivity (Wildman–Crippen MR) is 125 cm³/mol. The van der Waals surface area contributed by atoms with Crippen LogP contribution in [0.1, 0.15) is 24.0 Å². The van der Waals surface area contributed by atoms with Crippen LogP contribution in [0, 0.1) is 11.8 Å². The number of aliphatic hydroxyl groups is 2. The van der Waals surface area contributed by atoms with Gasteiger partial charge in [-0.25, -0.2) is 0 Å². The highest BCUT2D eigenvalue weighted by atomic mass is 16.5. The van der Waals surface area contributed by atoms with Crippen molar-refractivity contribution < 1.29 is 29.2 Å². The van der Waals surface area contributed by atoms with Crippen molar-refractivity contribution in [3.05, 3.63) is 58.7 Å². The molecule has 0 fully saturated rings. The van der Waals surface area contributed by atoms with Gasteiger partial charge in [0.05, 0.1) is 35.0 Å². The summed E-state index contributed by atoms with van der Waals surface area (Å²) in [6, 6.07) is 11.6. The molecule has 0 atom stereocenters. The third-order valence-electron chi connectivity index (χ3n) is 5.01. The van der Waals surface area contributed by atoms with Gasteiger partial charge in [0.1, 0.15) is 0 Å². The van der Waals surface area contributed by atoms with Gasteiger partial charge in [-0.3, -0.25) is 0 Å². The number of aliphatic hydroxyl groups excluding tert-OH is 2. The van der Waals surface area contributed by atoms with E-state index >= 15 is 0 Å². The van der Waals surface area contributed by atoms with Crippen LogP contribution < -0.4 is 18.9 Å². The molecular formula is C26H32O6. The Bertz CT molecular complexity index is 968. The highest BCUT2D eigenvalue weighted by molar-refractivity contribution is 5.48. The summed E-state index contributed by atoms with van der Waals surface area (Å²) >= 11 is 0. The lowest BCUT2D eigenvalue weighted by Crippen LogP contribution is -2.03. The lowest BCUT2D eigenvalue weighted by Gasteiger charge is -2.15. The summed E-state index contributed by atoms with van der Waals surface area (Å²) in [6.07, 6.45) is 2.06. The van der Waals surface area contributed by atoms with Crippen LogP contribution in [0.15, 0.2) is 47.5 Å². The van der Waals surface area contributed by atoms with E-state index in [1.807, 2.05) is 36.4 Å². The molecule has 6 nitrogen and oxygen atoms in total. The second-order valence-corrected chi connectivity index (χ2v) is 7.06. The smallest absolute Gasteiger partial charge is 0.160 e. The fourth-order valence-electron chi connectivity index (χ4n) is 3.40. The molecule has 0 aliphatic carbocycles. The average Bonchev–Trinajstić information content (AvgIpc) is 2.83. The number of allylic oxidation sites excluding steroid dienone is 1. The summed E-state index contributed by atoms with van der Waals surface area (Å²) in [5.74, 6) is 8.88. The second kappa shape index (κ2) is 13.3. The summed E-state index contributed by atoms with van der Waals surface area (Å²) in [5, 5.41) is 18.9. The maximum Gasteiger partial charge on any atom is 0.160 e. The van der Waals surface area contributed by atoms with E-state index in [1.54, 1.807) is 28.4 Å². The van der Waals surface area contributed by atoms with E-state index in [9.17, 15) is 5.11 Å². The molecule has 0 radical (unpaired) electrons. The van der Waals surface area contributed by atoms with Gasteiger partial charge in [0.2, 0.25) is 0 Å². The maximum atomic E-state index is 9.73. The zero-order valence-corrected chi connectivity index (χ0v) is 19.2. The molecule has 0 amide bonds. The topological polar surface area (TPSA) is 77.4 Å². The van der Waals surface area contributed by atoms with Gasteiger partial charge >= 0.3 is 0 Å². The van der Waals surface area contributed by atoms with Crippen molar-refractivity contribution >= 4 is 0 Å². The maximum absolute atomic E-state index is 9.73. The molecule has 2 N–H and O–H groups in total. The van der Waals surface area contributed by atoms with Gasteiger partial charge in [-0.2, -0.15) is 0 Å². The third-order valence-corrected chi connectivity index (χ3v) is 5.01. The summed E-state index contributed by atoms with van der Waals surface area (Å²) in [5.41, 5.74) is 3.98. The number of benzene rings is 2. The Morgan fingerprint density at radius 1 is 0.719 bits per heavy atom. The molecule has 0 aliphatic heterocycles. The van der Waals surface area contributed by atoms with Crippen molar-refractivity contribution in [1.29, 1.82) is 0 Å². The number of methoxy groups -OCH3 is 4. The molecule has 0 heterocycles. The van der Waals surface area contributed by atoms with Crippen LogP contribution in [-0.4, -0.2) is 51.9 Å². The number of hydrogen-bond acceptors (Lipinski definition) is 6. The van der Waals surface area contributed by atoms with E-state index in [0.717, 1.165) is 22.3 Å². The molecule has 32 heavy (non-hydrogen) atoms. The average molecular weight is 441 g/mol. The number of ether oxygens (including phenoxy) is 4. The molecule has 2 rings (SSSR count). The molecule has 0 aliphatic rings. The highest BCUT2D eigenvalue weighted by Crippen LogP contribution is 2.31. The van der Waals surface area contributed by atoms with E-state index in [-0.39, 0.29) is 13.2 Å². The Hall–Kier alpha value is -3.14. The van der Waals surface area contributed by atoms with Gasteiger partial charge in [-0.05, 0) is 48.2 Å². The SMILES string of the molecule is COc1ccc(C/C(C#CCCO)=C(\CCO)Cc2ccc(OC)c(OC)c2)cc1OC. The van der Waals surface area contributed by atoms with Crippen LogP contribution in [0.5, 0.6) is 23.0 Å². The van der Waals surface area contributed by atoms with Crippen LogP contribution in [0.2, 0.25) is 0 Å². The van der Waals surface area contributed by atoms with E-state index in [0.29, 0.717) is 48.7 Å². The van der Waals surface area contributed by atoms with Crippen LogP contribution >= 0.6 is 0 Å². The lowest BCUT2D eigenvalue weighted by molar-refractivity contribution is 0.298. The Kier molecular flexibility index (Phi) is 10.5.